The van der Waals surface area contributed by atoms with E-state index in [9.17, 15) is 14.3 Å². The van der Waals surface area contributed by atoms with Gasteiger partial charge in [0, 0.05) is 28.7 Å². The molecule has 0 spiro atoms. The van der Waals surface area contributed by atoms with Gasteiger partial charge in [0.2, 0.25) is 0 Å². The zero-order valence-corrected chi connectivity index (χ0v) is 18.3. The minimum Gasteiger partial charge on any atom is -0.496 e. The lowest BCUT2D eigenvalue weighted by Crippen LogP contribution is -2.31. The number of rotatable bonds is 6. The Bertz CT molecular complexity index is 1150. The molecule has 1 aliphatic carbocycles. The van der Waals surface area contributed by atoms with Gasteiger partial charge in [-0.25, -0.2) is 14.4 Å². The lowest BCUT2D eigenvalue weighted by atomic mass is 9.75. The highest BCUT2D eigenvalue weighted by Gasteiger charge is 2.35. The topological polar surface area (TPSA) is 110 Å². The first-order valence-corrected chi connectivity index (χ1v) is 10.8. The Hall–Kier alpha value is -2.97. The number of halogens is 2. The van der Waals surface area contributed by atoms with E-state index >= 15 is 0 Å². The molecule has 0 radical (unpaired) electrons. The number of methoxy groups -OCH3 is 1. The van der Waals surface area contributed by atoms with Gasteiger partial charge in [0.05, 0.1) is 23.6 Å². The summed E-state index contributed by atoms with van der Waals surface area (Å²) in [6, 6.07) is 7.88. The predicted octanol–water partition coefficient (Wildman–Crippen LogP) is 4.86. The van der Waals surface area contributed by atoms with Gasteiger partial charge in [-0.3, -0.25) is 4.79 Å². The third kappa shape index (κ3) is 4.47. The van der Waals surface area contributed by atoms with Crippen molar-refractivity contribution in [2.24, 2.45) is 11.7 Å². The van der Waals surface area contributed by atoms with Crippen molar-refractivity contribution in [1.29, 1.82) is 0 Å². The lowest BCUT2D eigenvalue weighted by molar-refractivity contribution is -0.140. The van der Waals surface area contributed by atoms with E-state index in [1.165, 1.54) is 25.6 Å². The number of nitrogens with one attached hydrogen (secondary N) is 1. The van der Waals surface area contributed by atoms with Crippen LogP contribution in [0.15, 0.2) is 36.7 Å². The molecule has 1 aromatic heterocycles. The quantitative estimate of drug-likeness (QED) is 0.483. The van der Waals surface area contributed by atoms with Crippen LogP contribution >= 0.6 is 11.6 Å². The maximum absolute atomic E-state index is 13.5. The van der Waals surface area contributed by atoms with E-state index in [1.807, 2.05) is 0 Å². The molecule has 2 aromatic carbocycles. The van der Waals surface area contributed by atoms with E-state index in [1.54, 1.807) is 18.2 Å². The molecule has 0 aliphatic heterocycles. The second kappa shape index (κ2) is 9.26. The Morgan fingerprint density at radius 2 is 2.00 bits per heavy atom. The van der Waals surface area contributed by atoms with Crippen molar-refractivity contribution < 1.29 is 19.0 Å². The summed E-state index contributed by atoms with van der Waals surface area (Å²) in [5.74, 6) is -1.29. The fourth-order valence-corrected chi connectivity index (χ4v) is 4.58. The van der Waals surface area contributed by atoms with E-state index in [4.69, 9.17) is 22.1 Å². The van der Waals surface area contributed by atoms with E-state index in [0.29, 0.717) is 33.7 Å². The van der Waals surface area contributed by atoms with Crippen molar-refractivity contribution in [1.82, 2.24) is 9.97 Å². The van der Waals surface area contributed by atoms with E-state index in [2.05, 4.69) is 15.3 Å². The molecule has 9 heteroatoms. The van der Waals surface area contributed by atoms with E-state index in [0.717, 1.165) is 25.7 Å². The molecule has 3 aromatic rings. The monoisotopic (exact) mass is 458 g/mol. The fraction of sp³-hybridized carbons (Fsp3) is 0.348. The number of aromatic nitrogens is 2. The highest BCUT2D eigenvalue weighted by atomic mass is 35.5. The van der Waals surface area contributed by atoms with Crippen LogP contribution in [0.4, 0.5) is 15.9 Å². The number of fused-ring (bicyclic) bond motifs is 1. The molecule has 168 valence electrons. The van der Waals surface area contributed by atoms with Crippen LogP contribution in [-0.2, 0) is 4.79 Å². The molecule has 1 heterocycles. The van der Waals surface area contributed by atoms with Crippen LogP contribution in [0.5, 0.6) is 5.75 Å². The minimum atomic E-state index is -0.903. The van der Waals surface area contributed by atoms with Crippen LogP contribution in [0.3, 0.4) is 0 Å². The van der Waals surface area contributed by atoms with Crippen LogP contribution in [0, 0.1) is 11.7 Å². The van der Waals surface area contributed by atoms with Crippen LogP contribution in [0.25, 0.3) is 10.9 Å². The van der Waals surface area contributed by atoms with Crippen molar-refractivity contribution in [2.45, 2.75) is 37.6 Å². The SMILES string of the molecule is COc1cc2ncnc(Nc3ccc(F)c(Cl)c3)c2cc1C(C(=O)O)C1CCC(N)CC1. The molecular weight excluding hydrogens is 435 g/mol. The minimum absolute atomic E-state index is 0.0165. The Balaban J connectivity index is 1.79. The maximum atomic E-state index is 13.5. The smallest absolute Gasteiger partial charge is 0.311 e. The highest BCUT2D eigenvalue weighted by molar-refractivity contribution is 6.31. The summed E-state index contributed by atoms with van der Waals surface area (Å²) in [6.07, 6.45) is 4.47. The first-order valence-electron chi connectivity index (χ1n) is 10.4. The molecule has 1 atom stereocenters. The van der Waals surface area contributed by atoms with Crippen LogP contribution in [-0.4, -0.2) is 34.2 Å². The van der Waals surface area contributed by atoms with Gasteiger partial charge in [-0.2, -0.15) is 0 Å². The van der Waals surface area contributed by atoms with Crippen LogP contribution in [0.2, 0.25) is 5.02 Å². The number of benzene rings is 2. The number of ether oxygens (including phenoxy) is 1. The summed E-state index contributed by atoms with van der Waals surface area (Å²) in [5, 5.41) is 13.9. The van der Waals surface area contributed by atoms with E-state index in [-0.39, 0.29) is 17.0 Å². The number of carbonyl (C=O) groups is 1. The normalized spacial score (nSPS) is 19.5. The molecule has 32 heavy (non-hydrogen) atoms. The standard InChI is InChI=1S/C23H24ClFN4O3/c1-32-20-10-19-15(9-16(20)21(23(30)31)12-2-4-13(26)5-3-12)22(28-11-27-19)29-14-6-7-18(25)17(24)8-14/h6-13,21H,2-5,26H2,1H3,(H,30,31)(H,27,28,29). The van der Waals surface area contributed by atoms with Crippen LogP contribution in [0.1, 0.15) is 37.2 Å². The molecule has 7 nitrogen and oxygen atoms in total. The number of aliphatic carboxylic acids is 1. The number of nitrogens with zero attached hydrogens (tertiary/aromatic N) is 2. The van der Waals surface area contributed by atoms with Gasteiger partial charge >= 0.3 is 5.97 Å². The summed E-state index contributed by atoms with van der Waals surface area (Å²) in [4.78, 5) is 21.0. The molecule has 1 saturated carbocycles. The average Bonchev–Trinajstić information content (AvgIpc) is 2.77. The second-order valence-corrected chi connectivity index (χ2v) is 8.49. The van der Waals surface area contributed by atoms with Gasteiger partial charge in [-0.15, -0.1) is 0 Å². The van der Waals surface area contributed by atoms with Crippen molar-refractivity contribution in [2.75, 3.05) is 12.4 Å². The van der Waals surface area contributed by atoms with Gasteiger partial charge < -0.3 is 20.9 Å². The van der Waals surface area contributed by atoms with Gasteiger partial charge in [0.25, 0.3) is 0 Å². The molecule has 0 saturated heterocycles. The van der Waals surface area contributed by atoms with Gasteiger partial charge in [0.15, 0.2) is 0 Å². The molecule has 0 bridgehead atoms. The third-order valence-electron chi connectivity index (χ3n) is 6.06. The number of hydrogen-bond acceptors (Lipinski definition) is 6. The Labute approximate surface area is 189 Å². The number of carboxylic acids is 1. The van der Waals surface area contributed by atoms with Gasteiger partial charge in [-0.05, 0) is 55.9 Å². The number of nitrogens with two attached hydrogens (primary N) is 1. The largest absolute Gasteiger partial charge is 0.496 e. The third-order valence-corrected chi connectivity index (χ3v) is 6.35. The summed E-state index contributed by atoms with van der Waals surface area (Å²) in [5.41, 5.74) is 7.73. The number of carboxylic acid groups (broad SMARTS) is 1. The Kier molecular flexibility index (Phi) is 6.43. The Morgan fingerprint density at radius 1 is 1.25 bits per heavy atom. The van der Waals surface area contributed by atoms with Gasteiger partial charge in [0.1, 0.15) is 23.7 Å². The summed E-state index contributed by atoms with van der Waals surface area (Å²) < 4.78 is 19.1. The average molecular weight is 459 g/mol. The molecule has 4 rings (SSSR count). The fourth-order valence-electron chi connectivity index (χ4n) is 4.40. The molecule has 0 amide bonds. The van der Waals surface area contributed by atoms with Gasteiger partial charge in [-0.1, -0.05) is 11.6 Å². The van der Waals surface area contributed by atoms with Crippen LogP contribution < -0.4 is 15.8 Å². The van der Waals surface area contributed by atoms with Crippen molar-refractivity contribution >= 4 is 40.0 Å². The summed E-state index contributed by atoms with van der Waals surface area (Å²) in [7, 11) is 1.52. The zero-order valence-electron chi connectivity index (χ0n) is 17.5. The van der Waals surface area contributed by atoms with Crippen molar-refractivity contribution in [3.63, 3.8) is 0 Å². The number of hydrogen-bond donors (Lipinski definition) is 3. The number of anilines is 2. The lowest BCUT2D eigenvalue weighted by Gasteiger charge is -2.31. The molecule has 1 fully saturated rings. The summed E-state index contributed by atoms with van der Waals surface area (Å²) in [6.45, 7) is 0. The molecule has 1 aliphatic rings. The highest BCUT2D eigenvalue weighted by Crippen LogP contribution is 2.42. The molecule has 4 N–H and O–H groups in total. The van der Waals surface area contributed by atoms with Crippen molar-refractivity contribution in [3.05, 3.63) is 53.1 Å². The maximum Gasteiger partial charge on any atom is 0.311 e. The van der Waals surface area contributed by atoms with E-state index < -0.39 is 17.7 Å². The second-order valence-electron chi connectivity index (χ2n) is 8.08. The molecule has 1 unspecified atom stereocenters. The first kappa shape index (κ1) is 22.2. The zero-order chi connectivity index (χ0) is 22.8. The Morgan fingerprint density at radius 3 is 2.66 bits per heavy atom. The predicted molar refractivity (Wildman–Crippen MR) is 121 cm³/mol. The first-order chi connectivity index (χ1) is 15.4. The van der Waals surface area contributed by atoms with Crippen molar-refractivity contribution in [3.8, 4) is 5.75 Å². The summed E-state index contributed by atoms with van der Waals surface area (Å²) >= 11 is 5.90. The molecular formula is C23H24ClFN4O3.